The Morgan fingerprint density at radius 3 is 2.27 bits per heavy atom. The zero-order chi connectivity index (χ0) is 15.2. The molecule has 3 aromatic rings. The van der Waals surface area contributed by atoms with E-state index in [2.05, 4.69) is 10.3 Å². The van der Waals surface area contributed by atoms with Crippen LogP contribution in [0.2, 0.25) is 0 Å². The number of rotatable bonds is 4. The zero-order valence-electron chi connectivity index (χ0n) is 11.8. The van der Waals surface area contributed by atoms with Gasteiger partial charge in [-0.2, -0.15) is 0 Å². The molecule has 0 aliphatic carbocycles. The molecule has 4 heteroatoms. The molecule has 1 N–H and O–H groups in total. The maximum atomic E-state index is 12.4. The van der Waals surface area contributed by atoms with Gasteiger partial charge in [-0.05, 0) is 36.4 Å². The van der Waals surface area contributed by atoms with Crippen LogP contribution in [0.5, 0.6) is 11.5 Å². The highest BCUT2D eigenvalue weighted by atomic mass is 16.5. The molecule has 1 amide bonds. The lowest BCUT2D eigenvalue weighted by Crippen LogP contribution is -2.14. The predicted octanol–water partition coefficient (Wildman–Crippen LogP) is 4.13. The van der Waals surface area contributed by atoms with Crippen molar-refractivity contribution in [2.75, 3.05) is 5.32 Å². The van der Waals surface area contributed by atoms with Crippen LogP contribution in [-0.2, 0) is 0 Å². The number of benzene rings is 2. The molecule has 0 unspecified atom stereocenters. The van der Waals surface area contributed by atoms with Gasteiger partial charge in [-0.15, -0.1) is 0 Å². The number of hydrogen-bond acceptors (Lipinski definition) is 3. The van der Waals surface area contributed by atoms with E-state index in [1.165, 1.54) is 0 Å². The summed E-state index contributed by atoms with van der Waals surface area (Å²) in [6.45, 7) is 0. The first kappa shape index (κ1) is 13.8. The van der Waals surface area contributed by atoms with Gasteiger partial charge in [0.25, 0.3) is 5.91 Å². The van der Waals surface area contributed by atoms with Crippen LogP contribution in [0.25, 0.3) is 0 Å². The van der Waals surface area contributed by atoms with E-state index in [4.69, 9.17) is 4.74 Å². The molecule has 0 atom stereocenters. The van der Waals surface area contributed by atoms with Gasteiger partial charge in [0, 0.05) is 11.9 Å². The highest BCUT2D eigenvalue weighted by molar-refractivity contribution is 6.04. The van der Waals surface area contributed by atoms with E-state index in [9.17, 15) is 4.79 Å². The fraction of sp³-hybridized carbons (Fsp3) is 0. The first-order chi connectivity index (χ1) is 10.8. The molecule has 22 heavy (non-hydrogen) atoms. The first-order valence-electron chi connectivity index (χ1n) is 6.87. The number of para-hydroxylation sites is 2. The predicted molar refractivity (Wildman–Crippen MR) is 85.1 cm³/mol. The third kappa shape index (κ3) is 3.30. The van der Waals surface area contributed by atoms with Crippen LogP contribution in [-0.4, -0.2) is 10.9 Å². The molecule has 2 aromatic carbocycles. The molecular weight excluding hydrogens is 276 g/mol. The Balaban J connectivity index is 1.83. The second-order valence-corrected chi connectivity index (χ2v) is 4.59. The maximum absolute atomic E-state index is 12.4. The van der Waals surface area contributed by atoms with Crippen molar-refractivity contribution >= 4 is 11.6 Å². The molecule has 108 valence electrons. The SMILES string of the molecule is O=C(Nc1ccccc1)c1ncccc1Oc1ccccc1. The number of carbonyl (C=O) groups is 1. The number of anilines is 1. The summed E-state index contributed by atoms with van der Waals surface area (Å²) in [5.74, 6) is 0.768. The second kappa shape index (κ2) is 6.54. The van der Waals surface area contributed by atoms with Crippen molar-refractivity contribution in [1.82, 2.24) is 4.98 Å². The number of amides is 1. The highest BCUT2D eigenvalue weighted by Crippen LogP contribution is 2.24. The molecule has 1 heterocycles. The molecule has 0 aliphatic rings. The maximum Gasteiger partial charge on any atom is 0.278 e. The van der Waals surface area contributed by atoms with Crippen LogP contribution in [0.15, 0.2) is 79.0 Å². The Kier molecular flexibility index (Phi) is 4.11. The third-order valence-corrected chi connectivity index (χ3v) is 2.99. The van der Waals surface area contributed by atoms with E-state index in [0.29, 0.717) is 17.2 Å². The molecule has 3 rings (SSSR count). The lowest BCUT2D eigenvalue weighted by molar-refractivity contribution is 0.102. The van der Waals surface area contributed by atoms with Gasteiger partial charge < -0.3 is 10.1 Å². The van der Waals surface area contributed by atoms with E-state index in [1.807, 2.05) is 60.7 Å². The van der Waals surface area contributed by atoms with Crippen LogP contribution in [0, 0.1) is 0 Å². The first-order valence-corrected chi connectivity index (χ1v) is 6.87. The number of nitrogens with one attached hydrogen (secondary N) is 1. The Bertz CT molecular complexity index is 758. The van der Waals surface area contributed by atoms with Crippen molar-refractivity contribution in [3.63, 3.8) is 0 Å². The molecule has 0 saturated heterocycles. The van der Waals surface area contributed by atoms with Gasteiger partial charge in [-0.25, -0.2) is 4.98 Å². The van der Waals surface area contributed by atoms with Gasteiger partial charge in [0.15, 0.2) is 11.4 Å². The average molecular weight is 290 g/mol. The topological polar surface area (TPSA) is 51.2 Å². The molecule has 0 saturated carbocycles. The monoisotopic (exact) mass is 290 g/mol. The molecule has 0 spiro atoms. The Morgan fingerprint density at radius 1 is 0.864 bits per heavy atom. The van der Waals surface area contributed by atoms with E-state index < -0.39 is 0 Å². The molecule has 0 aliphatic heterocycles. The van der Waals surface area contributed by atoms with Crippen molar-refractivity contribution in [1.29, 1.82) is 0 Å². The number of nitrogens with zero attached hydrogens (tertiary/aromatic N) is 1. The minimum Gasteiger partial charge on any atom is -0.455 e. The Labute approximate surface area is 128 Å². The van der Waals surface area contributed by atoms with Crippen LogP contribution in [0.4, 0.5) is 5.69 Å². The van der Waals surface area contributed by atoms with Crippen molar-refractivity contribution in [3.8, 4) is 11.5 Å². The minimum atomic E-state index is -0.308. The van der Waals surface area contributed by atoms with Crippen molar-refractivity contribution in [3.05, 3.63) is 84.7 Å². The standard InChI is InChI=1S/C18H14N2O2/c21-18(20-14-8-3-1-4-9-14)17-16(12-7-13-19-17)22-15-10-5-2-6-11-15/h1-13H,(H,20,21). The van der Waals surface area contributed by atoms with Crippen LogP contribution in [0.1, 0.15) is 10.5 Å². The molecular formula is C18H14N2O2. The third-order valence-electron chi connectivity index (χ3n) is 2.99. The zero-order valence-corrected chi connectivity index (χ0v) is 11.8. The van der Waals surface area contributed by atoms with Crippen molar-refractivity contribution in [2.45, 2.75) is 0 Å². The number of aromatic nitrogens is 1. The normalized spacial score (nSPS) is 10.0. The fourth-order valence-electron chi connectivity index (χ4n) is 1.97. The molecule has 0 bridgehead atoms. The van der Waals surface area contributed by atoms with Crippen LogP contribution < -0.4 is 10.1 Å². The quantitative estimate of drug-likeness (QED) is 0.786. The summed E-state index contributed by atoms with van der Waals surface area (Å²) >= 11 is 0. The van der Waals surface area contributed by atoms with Gasteiger partial charge in [0.1, 0.15) is 5.75 Å². The Morgan fingerprint density at radius 2 is 1.55 bits per heavy atom. The van der Waals surface area contributed by atoms with E-state index >= 15 is 0 Å². The van der Waals surface area contributed by atoms with Gasteiger partial charge in [0.2, 0.25) is 0 Å². The van der Waals surface area contributed by atoms with E-state index in [-0.39, 0.29) is 11.6 Å². The summed E-state index contributed by atoms with van der Waals surface area (Å²) in [4.78, 5) is 16.5. The number of hydrogen-bond donors (Lipinski definition) is 1. The molecule has 4 nitrogen and oxygen atoms in total. The molecule has 1 aromatic heterocycles. The summed E-state index contributed by atoms with van der Waals surface area (Å²) in [5.41, 5.74) is 0.957. The van der Waals surface area contributed by atoms with Gasteiger partial charge >= 0.3 is 0 Å². The number of ether oxygens (including phenoxy) is 1. The van der Waals surface area contributed by atoms with Crippen LogP contribution >= 0.6 is 0 Å². The largest absolute Gasteiger partial charge is 0.455 e. The molecule has 0 radical (unpaired) electrons. The second-order valence-electron chi connectivity index (χ2n) is 4.59. The fourth-order valence-corrected chi connectivity index (χ4v) is 1.97. The summed E-state index contributed by atoms with van der Waals surface area (Å²) in [6.07, 6.45) is 1.57. The van der Waals surface area contributed by atoms with Gasteiger partial charge in [-0.1, -0.05) is 36.4 Å². The lowest BCUT2D eigenvalue weighted by Gasteiger charge is -2.10. The van der Waals surface area contributed by atoms with E-state index in [1.54, 1.807) is 18.3 Å². The minimum absolute atomic E-state index is 0.246. The van der Waals surface area contributed by atoms with Crippen molar-refractivity contribution in [2.24, 2.45) is 0 Å². The summed E-state index contributed by atoms with van der Waals surface area (Å²) < 4.78 is 5.74. The average Bonchev–Trinajstić information content (AvgIpc) is 2.57. The summed E-state index contributed by atoms with van der Waals surface area (Å²) in [5, 5.41) is 2.80. The summed E-state index contributed by atoms with van der Waals surface area (Å²) in [6, 6.07) is 22.0. The van der Waals surface area contributed by atoms with Crippen molar-refractivity contribution < 1.29 is 9.53 Å². The smallest absolute Gasteiger partial charge is 0.278 e. The highest BCUT2D eigenvalue weighted by Gasteiger charge is 2.14. The van der Waals surface area contributed by atoms with E-state index in [0.717, 1.165) is 0 Å². The Hall–Kier alpha value is -3.14. The van der Waals surface area contributed by atoms with Crippen LogP contribution in [0.3, 0.4) is 0 Å². The number of pyridine rings is 1. The van der Waals surface area contributed by atoms with Gasteiger partial charge in [-0.3, -0.25) is 4.79 Å². The molecule has 0 fully saturated rings. The van der Waals surface area contributed by atoms with Gasteiger partial charge in [0.05, 0.1) is 0 Å². The summed E-state index contributed by atoms with van der Waals surface area (Å²) in [7, 11) is 0. The lowest BCUT2D eigenvalue weighted by atomic mass is 10.2. The number of carbonyl (C=O) groups excluding carboxylic acids is 1.